The van der Waals surface area contributed by atoms with Crippen LogP contribution in [0.5, 0.6) is 0 Å². The van der Waals surface area contributed by atoms with Crippen LogP contribution in [0.1, 0.15) is 29.8 Å². The third-order valence-electron chi connectivity index (χ3n) is 3.75. The molecule has 0 aliphatic rings. The van der Waals surface area contributed by atoms with E-state index in [2.05, 4.69) is 21.2 Å². The Morgan fingerprint density at radius 1 is 1.00 bits per heavy atom. The lowest BCUT2D eigenvalue weighted by Crippen LogP contribution is -2.38. The Morgan fingerprint density at radius 2 is 1.60 bits per heavy atom. The number of halogens is 1. The first-order chi connectivity index (χ1) is 12.0. The number of hydrogen-bond donors (Lipinski definition) is 1. The fraction of sp³-hybridized carbons (Fsp3) is 0.200. The fourth-order valence-electron chi connectivity index (χ4n) is 2.34. The molecule has 0 bridgehead atoms. The Balaban J connectivity index is 2.33. The highest BCUT2D eigenvalue weighted by molar-refractivity contribution is 9.10. The van der Waals surface area contributed by atoms with Crippen molar-refractivity contribution < 1.29 is 9.59 Å². The Kier molecular flexibility index (Phi) is 6.95. The van der Waals surface area contributed by atoms with Gasteiger partial charge < -0.3 is 10.2 Å². The summed E-state index contributed by atoms with van der Waals surface area (Å²) in [5.74, 6) is -0.498. The predicted octanol–water partition coefficient (Wildman–Crippen LogP) is 4.09. The summed E-state index contributed by atoms with van der Waals surface area (Å²) in [5, 5.41) is 2.76. The fourth-order valence-corrected chi connectivity index (χ4v) is 2.61. The minimum Gasteiger partial charge on any atom is -0.338 e. The number of nitrogens with zero attached hydrogens (tertiary/aromatic N) is 1. The number of benzene rings is 2. The van der Waals surface area contributed by atoms with E-state index in [1.165, 1.54) is 0 Å². The predicted molar refractivity (Wildman–Crippen MR) is 104 cm³/mol. The Labute approximate surface area is 156 Å². The quantitative estimate of drug-likeness (QED) is 0.742. The van der Waals surface area contributed by atoms with Gasteiger partial charge in [-0.2, -0.15) is 0 Å². The molecule has 0 fully saturated rings. The van der Waals surface area contributed by atoms with Gasteiger partial charge >= 0.3 is 0 Å². The maximum atomic E-state index is 12.8. The van der Waals surface area contributed by atoms with E-state index < -0.39 is 0 Å². The number of carbonyl (C=O) groups is 2. The van der Waals surface area contributed by atoms with Crippen LogP contribution < -0.4 is 5.32 Å². The molecule has 0 heterocycles. The molecule has 2 amide bonds. The summed E-state index contributed by atoms with van der Waals surface area (Å²) in [6, 6.07) is 16.4. The number of carbonyl (C=O) groups excluding carboxylic acids is 2. The molecular formula is C20H21BrN2O2. The first-order valence-corrected chi connectivity index (χ1v) is 8.97. The van der Waals surface area contributed by atoms with E-state index in [-0.39, 0.29) is 17.5 Å². The van der Waals surface area contributed by atoms with E-state index in [0.717, 1.165) is 10.0 Å². The molecule has 130 valence electrons. The van der Waals surface area contributed by atoms with E-state index in [0.29, 0.717) is 18.7 Å². The molecule has 0 radical (unpaired) electrons. The summed E-state index contributed by atoms with van der Waals surface area (Å²) >= 11 is 3.39. The van der Waals surface area contributed by atoms with Crippen molar-refractivity contribution in [3.05, 3.63) is 75.9 Å². The number of hydrogen-bond acceptors (Lipinski definition) is 2. The zero-order valence-corrected chi connectivity index (χ0v) is 15.9. The first kappa shape index (κ1) is 18.9. The van der Waals surface area contributed by atoms with Gasteiger partial charge in [0.2, 0.25) is 0 Å². The Morgan fingerprint density at radius 3 is 2.16 bits per heavy atom. The number of nitrogens with one attached hydrogen (secondary N) is 1. The van der Waals surface area contributed by atoms with E-state index >= 15 is 0 Å². The molecule has 0 spiro atoms. The molecule has 0 saturated carbocycles. The molecule has 1 N–H and O–H groups in total. The summed E-state index contributed by atoms with van der Waals surface area (Å²) in [6.07, 6.45) is 1.70. The van der Waals surface area contributed by atoms with Gasteiger partial charge in [0.15, 0.2) is 0 Å². The second kappa shape index (κ2) is 9.18. The second-order valence-electron chi connectivity index (χ2n) is 5.41. The average molecular weight is 401 g/mol. The van der Waals surface area contributed by atoms with Crippen molar-refractivity contribution in [1.29, 1.82) is 0 Å². The Bertz CT molecular complexity index is 751. The maximum Gasteiger partial charge on any atom is 0.270 e. The number of likely N-dealkylation sites (N-methyl/N-ethyl adjacent to an activating group) is 1. The lowest BCUT2D eigenvalue weighted by Gasteiger charge is -2.21. The number of rotatable bonds is 6. The van der Waals surface area contributed by atoms with Crippen LogP contribution >= 0.6 is 15.9 Å². The van der Waals surface area contributed by atoms with E-state index in [4.69, 9.17) is 0 Å². The van der Waals surface area contributed by atoms with Crippen LogP contribution in [0.15, 0.2) is 64.8 Å². The molecule has 25 heavy (non-hydrogen) atoms. The Hall–Kier alpha value is -2.40. The summed E-state index contributed by atoms with van der Waals surface area (Å²) in [7, 11) is 0. The molecule has 2 aromatic rings. The first-order valence-electron chi connectivity index (χ1n) is 8.18. The smallest absolute Gasteiger partial charge is 0.270 e. The van der Waals surface area contributed by atoms with Gasteiger partial charge in [0.1, 0.15) is 5.70 Å². The highest BCUT2D eigenvalue weighted by Gasteiger charge is 2.18. The van der Waals surface area contributed by atoms with Gasteiger partial charge in [-0.05, 0) is 49.8 Å². The van der Waals surface area contributed by atoms with Crippen LogP contribution in [0.4, 0.5) is 0 Å². The van der Waals surface area contributed by atoms with E-state index in [9.17, 15) is 9.59 Å². The van der Waals surface area contributed by atoms with Crippen molar-refractivity contribution in [3.63, 3.8) is 0 Å². The molecule has 2 aromatic carbocycles. The van der Waals surface area contributed by atoms with Gasteiger partial charge in [0.05, 0.1) is 0 Å². The largest absolute Gasteiger partial charge is 0.338 e. The summed E-state index contributed by atoms with van der Waals surface area (Å²) in [6.45, 7) is 4.98. The van der Waals surface area contributed by atoms with Crippen LogP contribution in [0.25, 0.3) is 6.08 Å². The van der Waals surface area contributed by atoms with Gasteiger partial charge in [0, 0.05) is 23.1 Å². The SMILES string of the molecule is CCN(CC)C(=O)/C(=C\c1ccc(Br)cc1)NC(=O)c1ccccc1. The van der Waals surface area contributed by atoms with Crippen LogP contribution in [0, 0.1) is 0 Å². The molecule has 0 unspecified atom stereocenters. The zero-order valence-electron chi connectivity index (χ0n) is 14.3. The standard InChI is InChI=1S/C20H21BrN2O2/c1-3-23(4-2)20(25)18(14-15-10-12-17(21)13-11-15)22-19(24)16-8-6-5-7-9-16/h5-14H,3-4H2,1-2H3,(H,22,24)/b18-14+. The summed E-state index contributed by atoms with van der Waals surface area (Å²) < 4.78 is 0.953. The molecule has 5 heteroatoms. The third-order valence-corrected chi connectivity index (χ3v) is 4.27. The third kappa shape index (κ3) is 5.29. The van der Waals surface area contributed by atoms with Crippen molar-refractivity contribution >= 4 is 33.8 Å². The van der Waals surface area contributed by atoms with Gasteiger partial charge in [0.25, 0.3) is 11.8 Å². The summed E-state index contributed by atoms with van der Waals surface area (Å²) in [5.41, 5.74) is 1.61. The van der Waals surface area contributed by atoms with Crippen LogP contribution in [0.3, 0.4) is 0 Å². The lowest BCUT2D eigenvalue weighted by molar-refractivity contribution is -0.127. The maximum absolute atomic E-state index is 12.8. The molecule has 0 atom stereocenters. The van der Waals surface area contributed by atoms with Gasteiger partial charge in [-0.25, -0.2) is 0 Å². The van der Waals surface area contributed by atoms with E-state index in [1.54, 1.807) is 35.2 Å². The molecule has 0 aliphatic heterocycles. The average Bonchev–Trinajstić information content (AvgIpc) is 2.64. The minimum atomic E-state index is -0.301. The highest BCUT2D eigenvalue weighted by atomic mass is 79.9. The molecule has 4 nitrogen and oxygen atoms in total. The molecule has 2 rings (SSSR count). The zero-order chi connectivity index (χ0) is 18.2. The van der Waals surface area contributed by atoms with Crippen molar-refractivity contribution in [2.24, 2.45) is 0 Å². The molecular weight excluding hydrogens is 380 g/mol. The molecule has 0 aromatic heterocycles. The van der Waals surface area contributed by atoms with Gasteiger partial charge in [-0.15, -0.1) is 0 Å². The molecule has 0 saturated heterocycles. The number of amides is 2. The monoisotopic (exact) mass is 400 g/mol. The van der Waals surface area contributed by atoms with Crippen molar-refractivity contribution in [3.8, 4) is 0 Å². The van der Waals surface area contributed by atoms with Gasteiger partial charge in [-0.3, -0.25) is 9.59 Å². The van der Waals surface area contributed by atoms with E-state index in [1.807, 2.05) is 44.2 Å². The normalized spacial score (nSPS) is 11.1. The lowest BCUT2D eigenvalue weighted by atomic mass is 10.1. The van der Waals surface area contributed by atoms with Crippen LogP contribution in [-0.2, 0) is 4.79 Å². The summed E-state index contributed by atoms with van der Waals surface area (Å²) in [4.78, 5) is 26.9. The van der Waals surface area contributed by atoms with Crippen molar-refractivity contribution in [1.82, 2.24) is 10.2 Å². The topological polar surface area (TPSA) is 49.4 Å². The van der Waals surface area contributed by atoms with Crippen molar-refractivity contribution in [2.45, 2.75) is 13.8 Å². The second-order valence-corrected chi connectivity index (χ2v) is 6.32. The van der Waals surface area contributed by atoms with Crippen molar-refractivity contribution in [2.75, 3.05) is 13.1 Å². The van der Waals surface area contributed by atoms with Crippen LogP contribution in [0.2, 0.25) is 0 Å². The van der Waals surface area contributed by atoms with Gasteiger partial charge in [-0.1, -0.05) is 46.3 Å². The minimum absolute atomic E-state index is 0.197. The highest BCUT2D eigenvalue weighted by Crippen LogP contribution is 2.14. The molecule has 0 aliphatic carbocycles. The van der Waals surface area contributed by atoms with Crippen LogP contribution in [-0.4, -0.2) is 29.8 Å².